The van der Waals surface area contributed by atoms with Crippen molar-refractivity contribution >= 4 is 5.78 Å². The van der Waals surface area contributed by atoms with Crippen molar-refractivity contribution < 1.29 is 4.79 Å². The number of rotatable bonds is 6. The van der Waals surface area contributed by atoms with E-state index < -0.39 is 0 Å². The summed E-state index contributed by atoms with van der Waals surface area (Å²) in [4.78, 5) is 12.3. The van der Waals surface area contributed by atoms with Crippen molar-refractivity contribution in [2.45, 2.75) is 32.9 Å². The normalized spacial score (nSPS) is 10.6. The number of carbonyl (C=O) groups excluding carboxylic acids is 1. The predicted molar refractivity (Wildman–Crippen MR) is 74.9 cm³/mol. The number of aryl methyl sites for hydroxylation is 1. The summed E-state index contributed by atoms with van der Waals surface area (Å²) in [5.41, 5.74) is 8.39. The van der Waals surface area contributed by atoms with Crippen LogP contribution in [0.5, 0.6) is 0 Å². The smallest absolute Gasteiger partial charge is 0.185 e. The zero-order valence-electron chi connectivity index (χ0n) is 11.2. The van der Waals surface area contributed by atoms with Gasteiger partial charge < -0.3 is 5.73 Å². The van der Waals surface area contributed by atoms with Gasteiger partial charge in [0.2, 0.25) is 0 Å². The zero-order chi connectivity index (χ0) is 13.7. The summed E-state index contributed by atoms with van der Waals surface area (Å²) in [6.45, 7) is 3.30. The Morgan fingerprint density at radius 3 is 2.68 bits per heavy atom. The van der Waals surface area contributed by atoms with E-state index in [9.17, 15) is 4.79 Å². The number of nitrogens with two attached hydrogens (primary N) is 1. The Morgan fingerprint density at radius 2 is 2.00 bits per heavy atom. The number of hydrogen-bond acceptors (Lipinski definition) is 3. The van der Waals surface area contributed by atoms with Crippen LogP contribution in [0.1, 0.15) is 35.0 Å². The topological polar surface area (TPSA) is 60.9 Å². The van der Waals surface area contributed by atoms with E-state index in [1.165, 1.54) is 0 Å². The number of nitrogens with zero attached hydrogens (tertiary/aromatic N) is 2. The van der Waals surface area contributed by atoms with E-state index in [1.54, 1.807) is 16.9 Å². The minimum Gasteiger partial charge on any atom is -0.326 e. The fourth-order valence-corrected chi connectivity index (χ4v) is 2.15. The van der Waals surface area contributed by atoms with Gasteiger partial charge in [-0.25, -0.2) is 0 Å². The van der Waals surface area contributed by atoms with Crippen molar-refractivity contribution in [3.05, 3.63) is 53.3 Å². The number of carbonyl (C=O) groups is 1. The highest BCUT2D eigenvalue weighted by molar-refractivity contribution is 5.96. The highest BCUT2D eigenvalue weighted by Crippen LogP contribution is 2.12. The van der Waals surface area contributed by atoms with Gasteiger partial charge in [-0.15, -0.1) is 0 Å². The maximum absolute atomic E-state index is 12.3. The van der Waals surface area contributed by atoms with Gasteiger partial charge in [-0.2, -0.15) is 5.10 Å². The Bertz CT molecular complexity index is 560. The molecule has 0 unspecified atom stereocenters. The Hall–Kier alpha value is -1.94. The molecule has 19 heavy (non-hydrogen) atoms. The Morgan fingerprint density at radius 1 is 1.26 bits per heavy atom. The van der Waals surface area contributed by atoms with Crippen LogP contribution in [-0.4, -0.2) is 15.6 Å². The summed E-state index contributed by atoms with van der Waals surface area (Å²) in [6, 6.07) is 9.58. The first kappa shape index (κ1) is 13.5. The van der Waals surface area contributed by atoms with Crippen LogP contribution < -0.4 is 5.73 Å². The van der Waals surface area contributed by atoms with Crippen molar-refractivity contribution in [2.24, 2.45) is 5.73 Å². The maximum Gasteiger partial charge on any atom is 0.185 e. The quantitative estimate of drug-likeness (QED) is 0.807. The van der Waals surface area contributed by atoms with Crippen LogP contribution in [0.2, 0.25) is 0 Å². The molecule has 2 rings (SSSR count). The van der Waals surface area contributed by atoms with Gasteiger partial charge in [-0.3, -0.25) is 9.48 Å². The van der Waals surface area contributed by atoms with E-state index in [-0.39, 0.29) is 5.78 Å². The molecule has 0 aliphatic carbocycles. The molecule has 1 aromatic heterocycles. The van der Waals surface area contributed by atoms with Crippen molar-refractivity contribution in [3.63, 3.8) is 0 Å². The number of aromatic nitrogens is 2. The van der Waals surface area contributed by atoms with Gasteiger partial charge in [0, 0.05) is 25.7 Å². The molecule has 0 bridgehead atoms. The molecule has 0 aliphatic rings. The molecule has 1 aromatic carbocycles. The van der Waals surface area contributed by atoms with Crippen LogP contribution in [0.3, 0.4) is 0 Å². The number of ketones is 1. The largest absolute Gasteiger partial charge is 0.326 e. The van der Waals surface area contributed by atoms with Gasteiger partial charge in [0.25, 0.3) is 0 Å². The molecule has 0 spiro atoms. The van der Waals surface area contributed by atoms with Crippen LogP contribution in [0.15, 0.2) is 36.5 Å². The molecule has 2 aromatic rings. The number of Topliss-reactive ketones (excluding diaryl/α,β-unsaturated/α-hetero) is 1. The number of hydrogen-bond donors (Lipinski definition) is 1. The Kier molecular flexibility index (Phi) is 4.47. The summed E-state index contributed by atoms with van der Waals surface area (Å²) in [5, 5.41) is 4.18. The fourth-order valence-electron chi connectivity index (χ4n) is 2.15. The summed E-state index contributed by atoms with van der Waals surface area (Å²) in [7, 11) is 0. The van der Waals surface area contributed by atoms with E-state index in [2.05, 4.69) is 12.0 Å². The lowest BCUT2D eigenvalue weighted by Gasteiger charge is -2.08. The number of benzene rings is 1. The zero-order valence-corrected chi connectivity index (χ0v) is 11.2. The summed E-state index contributed by atoms with van der Waals surface area (Å²) in [6.07, 6.45) is 3.02. The Balaban J connectivity index is 2.18. The first-order valence-electron chi connectivity index (χ1n) is 6.58. The molecule has 0 atom stereocenters. The van der Waals surface area contributed by atoms with Crippen LogP contribution in [-0.2, 0) is 19.5 Å². The van der Waals surface area contributed by atoms with Crippen molar-refractivity contribution in [3.8, 4) is 0 Å². The van der Waals surface area contributed by atoms with Gasteiger partial charge in [0.1, 0.15) is 5.69 Å². The molecule has 0 radical (unpaired) electrons. The lowest BCUT2D eigenvalue weighted by molar-refractivity contribution is 0.0982. The second-order valence-corrected chi connectivity index (χ2v) is 4.51. The Labute approximate surface area is 113 Å². The highest BCUT2D eigenvalue weighted by Gasteiger charge is 2.13. The van der Waals surface area contributed by atoms with Gasteiger partial charge in [0.05, 0.1) is 0 Å². The third kappa shape index (κ3) is 3.09. The van der Waals surface area contributed by atoms with E-state index in [4.69, 9.17) is 5.73 Å². The summed E-state index contributed by atoms with van der Waals surface area (Å²) < 4.78 is 1.77. The monoisotopic (exact) mass is 257 g/mol. The third-order valence-electron chi connectivity index (χ3n) is 3.13. The van der Waals surface area contributed by atoms with Gasteiger partial charge in [-0.05, 0) is 23.6 Å². The predicted octanol–water partition coefficient (Wildman–Crippen LogP) is 2.18. The molecular formula is C15H19N3O. The lowest BCUT2D eigenvalue weighted by Crippen LogP contribution is -2.14. The maximum atomic E-state index is 12.3. The minimum absolute atomic E-state index is 0.0897. The highest BCUT2D eigenvalue weighted by atomic mass is 16.1. The van der Waals surface area contributed by atoms with E-state index >= 15 is 0 Å². The fraction of sp³-hybridized carbons (Fsp3) is 0.333. The van der Waals surface area contributed by atoms with Crippen LogP contribution in [0, 0.1) is 0 Å². The van der Waals surface area contributed by atoms with Crippen molar-refractivity contribution in [2.75, 3.05) is 0 Å². The average molecular weight is 257 g/mol. The summed E-state index contributed by atoms with van der Waals surface area (Å²) >= 11 is 0. The van der Waals surface area contributed by atoms with E-state index in [0.717, 1.165) is 24.1 Å². The lowest BCUT2D eigenvalue weighted by atomic mass is 10.0. The van der Waals surface area contributed by atoms with Gasteiger partial charge in [0.15, 0.2) is 5.78 Å². The second-order valence-electron chi connectivity index (χ2n) is 4.51. The van der Waals surface area contributed by atoms with E-state index in [1.807, 2.05) is 24.3 Å². The van der Waals surface area contributed by atoms with Gasteiger partial charge in [-0.1, -0.05) is 31.2 Å². The molecule has 0 aliphatic heterocycles. The van der Waals surface area contributed by atoms with Crippen molar-refractivity contribution in [1.82, 2.24) is 9.78 Å². The molecule has 4 nitrogen and oxygen atoms in total. The molecule has 2 N–H and O–H groups in total. The minimum atomic E-state index is 0.0897. The molecule has 0 fully saturated rings. The molecule has 0 saturated heterocycles. The average Bonchev–Trinajstić information content (AvgIpc) is 2.88. The molecular weight excluding hydrogens is 238 g/mol. The van der Waals surface area contributed by atoms with Crippen molar-refractivity contribution in [1.29, 1.82) is 0 Å². The molecule has 0 saturated carbocycles. The molecule has 4 heteroatoms. The molecule has 0 amide bonds. The first-order valence-corrected chi connectivity index (χ1v) is 6.58. The van der Waals surface area contributed by atoms with Crippen LogP contribution in [0.25, 0.3) is 0 Å². The molecule has 1 heterocycles. The van der Waals surface area contributed by atoms with E-state index in [0.29, 0.717) is 18.7 Å². The second kappa shape index (κ2) is 6.29. The van der Waals surface area contributed by atoms with Gasteiger partial charge >= 0.3 is 0 Å². The van der Waals surface area contributed by atoms with Crippen LogP contribution in [0.4, 0.5) is 0 Å². The first-order chi connectivity index (χ1) is 9.26. The SMILES string of the molecule is CCCn1nccc1C(=O)Cc1ccccc1CN. The molecule has 100 valence electrons. The standard InChI is InChI=1S/C15H19N3O/c1-2-9-18-14(7-8-17-18)15(19)10-12-5-3-4-6-13(12)11-16/h3-8H,2,9-11,16H2,1H3. The third-order valence-corrected chi connectivity index (χ3v) is 3.13. The summed E-state index contributed by atoms with van der Waals surface area (Å²) in [5.74, 6) is 0.0897. The van der Waals surface area contributed by atoms with Crippen LogP contribution >= 0.6 is 0 Å².